The van der Waals surface area contributed by atoms with Crippen molar-refractivity contribution in [2.45, 2.75) is 0 Å². The molecule has 0 aromatic rings. The molecule has 2 N–H and O–H groups in total. The maximum atomic E-state index is 9.38. The molecular formula is C2H5N2O4P. The number of hydrogen-bond acceptors (Lipinski definition) is 2. The van der Waals surface area contributed by atoms with Crippen LogP contribution in [0.15, 0.2) is 10.2 Å². The molecule has 0 aliphatic carbocycles. The maximum absolute atomic E-state index is 9.38. The standard InChI is InChI=1S/C2H2N2O4.H3P/c5-1(6)3-4-2(7)8;/h(H,5,6)(H,7,8);1H3. The molecule has 0 aromatic heterocycles. The molecular weight excluding hydrogens is 147 g/mol. The van der Waals surface area contributed by atoms with Crippen LogP contribution in [0.4, 0.5) is 9.59 Å². The average Bonchev–Trinajstić information content (AvgIpc) is 1.61. The van der Waals surface area contributed by atoms with Crippen molar-refractivity contribution in [3.8, 4) is 0 Å². The molecule has 0 bridgehead atoms. The highest BCUT2D eigenvalue weighted by Gasteiger charge is 1.91. The van der Waals surface area contributed by atoms with E-state index < -0.39 is 12.2 Å². The first-order chi connectivity index (χ1) is 3.63. The van der Waals surface area contributed by atoms with Crippen LogP contribution >= 0.6 is 9.90 Å². The Balaban J connectivity index is 0. The minimum Gasteiger partial charge on any atom is -0.462 e. The second-order valence-corrected chi connectivity index (χ2v) is 0.765. The van der Waals surface area contributed by atoms with Crippen LogP contribution in [0, 0.1) is 0 Å². The van der Waals surface area contributed by atoms with Crippen LogP contribution in [0.25, 0.3) is 0 Å². The number of carboxylic acid groups (broad SMARTS) is 2. The number of carbonyl (C=O) groups is 2. The molecule has 9 heavy (non-hydrogen) atoms. The number of nitrogens with zero attached hydrogens (tertiary/aromatic N) is 2. The Kier molecular flexibility index (Phi) is 6.17. The van der Waals surface area contributed by atoms with Gasteiger partial charge in [-0.15, -0.1) is 0 Å². The zero-order valence-corrected chi connectivity index (χ0v) is 5.73. The van der Waals surface area contributed by atoms with Gasteiger partial charge in [0.25, 0.3) is 0 Å². The lowest BCUT2D eigenvalue weighted by Gasteiger charge is -1.72. The fourth-order valence-electron chi connectivity index (χ4n) is 0.0855. The summed E-state index contributed by atoms with van der Waals surface area (Å²) in [6, 6.07) is 0. The average molecular weight is 152 g/mol. The molecule has 7 heteroatoms. The van der Waals surface area contributed by atoms with E-state index in [1.165, 1.54) is 0 Å². The predicted molar refractivity (Wildman–Crippen MR) is 32.0 cm³/mol. The first kappa shape index (κ1) is 10.9. The molecule has 1 atom stereocenters. The molecule has 0 heterocycles. The van der Waals surface area contributed by atoms with Crippen molar-refractivity contribution in [2.24, 2.45) is 10.2 Å². The summed E-state index contributed by atoms with van der Waals surface area (Å²) < 4.78 is 0. The van der Waals surface area contributed by atoms with Crippen LogP contribution in [0.5, 0.6) is 0 Å². The molecule has 0 aliphatic rings. The number of amides is 2. The van der Waals surface area contributed by atoms with Crippen LogP contribution in [0.1, 0.15) is 0 Å². The highest BCUT2D eigenvalue weighted by atomic mass is 31.0. The maximum Gasteiger partial charge on any atom is 0.450 e. The molecule has 0 saturated heterocycles. The summed E-state index contributed by atoms with van der Waals surface area (Å²) in [7, 11) is 0. The van der Waals surface area contributed by atoms with Gasteiger partial charge in [-0.3, -0.25) is 0 Å². The summed E-state index contributed by atoms with van der Waals surface area (Å²) in [5, 5.41) is 19.8. The van der Waals surface area contributed by atoms with Crippen molar-refractivity contribution in [1.82, 2.24) is 0 Å². The second kappa shape index (κ2) is 5.11. The third-order valence-electron chi connectivity index (χ3n) is 0.221. The fourth-order valence-corrected chi connectivity index (χ4v) is 0.0855. The summed E-state index contributed by atoms with van der Waals surface area (Å²) in [5.41, 5.74) is 0. The van der Waals surface area contributed by atoms with Gasteiger partial charge in [-0.05, 0) is 0 Å². The van der Waals surface area contributed by atoms with Gasteiger partial charge in [-0.2, -0.15) is 9.90 Å². The molecule has 0 saturated carbocycles. The molecule has 0 fully saturated rings. The number of azo groups is 1. The molecule has 2 amide bonds. The molecule has 6 nitrogen and oxygen atoms in total. The highest BCUT2D eigenvalue weighted by Crippen LogP contribution is 1.76. The Morgan fingerprint density at radius 2 is 1.22 bits per heavy atom. The minimum absolute atomic E-state index is 0. The van der Waals surface area contributed by atoms with Crippen molar-refractivity contribution in [1.29, 1.82) is 0 Å². The van der Waals surface area contributed by atoms with E-state index in [1.807, 2.05) is 0 Å². The normalized spacial score (nSPS) is 8.44. The number of rotatable bonds is 0. The first-order valence-electron chi connectivity index (χ1n) is 1.50. The fraction of sp³-hybridized carbons (Fsp3) is 0. The minimum atomic E-state index is -1.62. The van der Waals surface area contributed by atoms with Crippen LogP contribution < -0.4 is 0 Å². The predicted octanol–water partition coefficient (Wildman–Crippen LogP) is 0.853. The Bertz CT molecular complexity index is 128. The lowest BCUT2D eigenvalue weighted by atomic mass is 11.2. The molecule has 1 unspecified atom stereocenters. The summed E-state index contributed by atoms with van der Waals surface area (Å²) in [4.78, 5) is 18.8. The van der Waals surface area contributed by atoms with Gasteiger partial charge in [0.1, 0.15) is 0 Å². The zero-order valence-electron chi connectivity index (χ0n) is 4.31. The number of hydrogen-bond donors (Lipinski definition) is 2. The van der Waals surface area contributed by atoms with Crippen LogP contribution in [-0.4, -0.2) is 22.4 Å². The Labute approximate surface area is 53.2 Å². The molecule has 0 aromatic carbocycles. The van der Waals surface area contributed by atoms with Crippen LogP contribution in [-0.2, 0) is 0 Å². The Hall–Kier alpha value is -1.03. The summed E-state index contributed by atoms with van der Waals surface area (Å²) in [6.45, 7) is 0. The monoisotopic (exact) mass is 152 g/mol. The van der Waals surface area contributed by atoms with E-state index in [1.54, 1.807) is 0 Å². The van der Waals surface area contributed by atoms with E-state index in [0.29, 0.717) is 0 Å². The van der Waals surface area contributed by atoms with Gasteiger partial charge in [0.05, 0.1) is 0 Å². The van der Waals surface area contributed by atoms with Gasteiger partial charge in [0.15, 0.2) is 0 Å². The van der Waals surface area contributed by atoms with E-state index in [-0.39, 0.29) is 9.90 Å². The quantitative estimate of drug-likeness (QED) is 0.397. The molecule has 0 spiro atoms. The van der Waals surface area contributed by atoms with E-state index in [2.05, 4.69) is 10.2 Å². The lowest BCUT2D eigenvalue weighted by molar-refractivity contribution is 0.194. The summed E-state index contributed by atoms with van der Waals surface area (Å²) in [6.07, 6.45) is -3.24. The van der Waals surface area contributed by atoms with Gasteiger partial charge >= 0.3 is 12.2 Å². The van der Waals surface area contributed by atoms with Crippen molar-refractivity contribution in [3.63, 3.8) is 0 Å². The van der Waals surface area contributed by atoms with E-state index in [9.17, 15) is 9.59 Å². The van der Waals surface area contributed by atoms with Crippen molar-refractivity contribution in [3.05, 3.63) is 0 Å². The van der Waals surface area contributed by atoms with Crippen LogP contribution in [0.3, 0.4) is 0 Å². The third-order valence-corrected chi connectivity index (χ3v) is 0.221. The zero-order chi connectivity index (χ0) is 6.57. The van der Waals surface area contributed by atoms with Gasteiger partial charge in [-0.25, -0.2) is 9.59 Å². The van der Waals surface area contributed by atoms with E-state index in [4.69, 9.17) is 10.2 Å². The van der Waals surface area contributed by atoms with Gasteiger partial charge in [0, 0.05) is 0 Å². The van der Waals surface area contributed by atoms with Crippen molar-refractivity contribution >= 4 is 22.1 Å². The van der Waals surface area contributed by atoms with Gasteiger partial charge in [0.2, 0.25) is 0 Å². The molecule has 0 rings (SSSR count). The Morgan fingerprint density at radius 3 is 1.33 bits per heavy atom. The van der Waals surface area contributed by atoms with Crippen molar-refractivity contribution in [2.75, 3.05) is 0 Å². The molecule has 0 radical (unpaired) electrons. The van der Waals surface area contributed by atoms with Gasteiger partial charge in [-0.1, -0.05) is 10.2 Å². The summed E-state index contributed by atoms with van der Waals surface area (Å²) >= 11 is 0. The molecule has 0 aliphatic heterocycles. The van der Waals surface area contributed by atoms with E-state index >= 15 is 0 Å². The van der Waals surface area contributed by atoms with Gasteiger partial charge < -0.3 is 10.2 Å². The molecule has 52 valence electrons. The van der Waals surface area contributed by atoms with Crippen LogP contribution in [0.2, 0.25) is 0 Å². The third kappa shape index (κ3) is 10.9. The highest BCUT2D eigenvalue weighted by molar-refractivity contribution is 6.92. The smallest absolute Gasteiger partial charge is 0.450 e. The lowest BCUT2D eigenvalue weighted by Crippen LogP contribution is -1.87. The summed E-state index contributed by atoms with van der Waals surface area (Å²) in [5.74, 6) is 0. The topological polar surface area (TPSA) is 99.3 Å². The first-order valence-corrected chi connectivity index (χ1v) is 1.50. The van der Waals surface area contributed by atoms with Crippen molar-refractivity contribution < 1.29 is 19.8 Å². The second-order valence-electron chi connectivity index (χ2n) is 0.765. The van der Waals surface area contributed by atoms with E-state index in [0.717, 1.165) is 0 Å². The largest absolute Gasteiger partial charge is 0.462 e. The SMILES string of the molecule is O=C(O)N=NC(=O)O.P. The Morgan fingerprint density at radius 1 is 1.00 bits per heavy atom.